The van der Waals surface area contributed by atoms with Crippen molar-refractivity contribution < 1.29 is 17.6 Å². The standard InChI is InChI=1S/C16H22F4/c17-15-11-9-14(10-12-15)8-6-4-2-1-3-5-7-13-16(18,19)20/h9-12H,1-8,13H2. The van der Waals surface area contributed by atoms with Crippen molar-refractivity contribution in [3.63, 3.8) is 0 Å². The summed E-state index contributed by atoms with van der Waals surface area (Å²) >= 11 is 0. The minimum atomic E-state index is -4.00. The Kier molecular flexibility index (Phi) is 7.63. The fourth-order valence-corrected chi connectivity index (χ4v) is 2.19. The average Bonchev–Trinajstić information content (AvgIpc) is 2.37. The first-order valence-corrected chi connectivity index (χ1v) is 7.28. The summed E-state index contributed by atoms with van der Waals surface area (Å²) in [6.45, 7) is 0. The Morgan fingerprint density at radius 2 is 1.20 bits per heavy atom. The summed E-state index contributed by atoms with van der Waals surface area (Å²) in [6, 6.07) is 6.53. The van der Waals surface area contributed by atoms with Crippen molar-refractivity contribution in [3.05, 3.63) is 35.6 Å². The molecule has 0 aliphatic rings. The van der Waals surface area contributed by atoms with Gasteiger partial charge in [0.1, 0.15) is 5.82 Å². The van der Waals surface area contributed by atoms with Gasteiger partial charge in [-0.05, 0) is 37.0 Å². The summed E-state index contributed by atoms with van der Waals surface area (Å²) < 4.78 is 48.4. The lowest BCUT2D eigenvalue weighted by Gasteiger charge is -2.05. The van der Waals surface area contributed by atoms with Gasteiger partial charge in [-0.1, -0.05) is 44.2 Å². The number of hydrogen-bond acceptors (Lipinski definition) is 0. The molecule has 0 saturated carbocycles. The zero-order chi connectivity index (χ0) is 14.8. The first-order valence-electron chi connectivity index (χ1n) is 7.28. The minimum absolute atomic E-state index is 0.215. The van der Waals surface area contributed by atoms with Crippen LogP contribution in [0.25, 0.3) is 0 Å². The van der Waals surface area contributed by atoms with Gasteiger partial charge < -0.3 is 0 Å². The molecule has 20 heavy (non-hydrogen) atoms. The molecule has 0 aromatic heterocycles. The Labute approximate surface area is 118 Å². The van der Waals surface area contributed by atoms with Crippen LogP contribution in [0.5, 0.6) is 0 Å². The fourth-order valence-electron chi connectivity index (χ4n) is 2.19. The molecule has 1 aromatic carbocycles. The summed E-state index contributed by atoms with van der Waals surface area (Å²) in [5.74, 6) is -0.215. The second-order valence-corrected chi connectivity index (χ2v) is 5.22. The maximum atomic E-state index is 12.7. The van der Waals surface area contributed by atoms with Gasteiger partial charge in [0.25, 0.3) is 0 Å². The van der Waals surface area contributed by atoms with Crippen LogP contribution in [0.1, 0.15) is 56.9 Å². The molecule has 0 aliphatic heterocycles. The van der Waals surface area contributed by atoms with E-state index >= 15 is 0 Å². The molecule has 0 bridgehead atoms. The normalized spacial score (nSPS) is 11.8. The molecule has 1 rings (SSSR count). The van der Waals surface area contributed by atoms with Crippen LogP contribution in [0.4, 0.5) is 17.6 Å². The smallest absolute Gasteiger partial charge is 0.207 e. The van der Waals surface area contributed by atoms with E-state index in [1.54, 1.807) is 12.1 Å². The van der Waals surface area contributed by atoms with Crippen LogP contribution < -0.4 is 0 Å². The van der Waals surface area contributed by atoms with Crippen molar-refractivity contribution in [1.82, 2.24) is 0 Å². The molecule has 0 heterocycles. The van der Waals surface area contributed by atoms with Gasteiger partial charge >= 0.3 is 6.18 Å². The first kappa shape index (κ1) is 17.0. The molecule has 0 amide bonds. The lowest BCUT2D eigenvalue weighted by atomic mass is 10.0. The summed E-state index contributed by atoms with van der Waals surface area (Å²) in [5, 5.41) is 0. The van der Waals surface area contributed by atoms with Crippen molar-refractivity contribution in [2.75, 3.05) is 0 Å². The summed E-state index contributed by atoms with van der Waals surface area (Å²) in [5.41, 5.74) is 1.14. The SMILES string of the molecule is Fc1ccc(CCCCCCCCCC(F)(F)F)cc1. The highest BCUT2D eigenvalue weighted by atomic mass is 19.4. The lowest BCUT2D eigenvalue weighted by Crippen LogP contribution is -2.06. The number of hydrogen-bond donors (Lipinski definition) is 0. The molecule has 0 saturated heterocycles. The third-order valence-corrected chi connectivity index (χ3v) is 3.34. The topological polar surface area (TPSA) is 0 Å². The maximum absolute atomic E-state index is 12.7. The molecule has 0 unspecified atom stereocenters. The highest BCUT2D eigenvalue weighted by molar-refractivity contribution is 5.15. The molecule has 0 fully saturated rings. The van der Waals surface area contributed by atoms with E-state index in [0.717, 1.165) is 44.1 Å². The number of unbranched alkanes of at least 4 members (excludes halogenated alkanes) is 6. The predicted molar refractivity (Wildman–Crippen MR) is 73.1 cm³/mol. The van der Waals surface area contributed by atoms with Crippen LogP contribution in [0, 0.1) is 5.82 Å². The summed E-state index contributed by atoms with van der Waals surface area (Å²) in [4.78, 5) is 0. The molecule has 0 atom stereocenters. The van der Waals surface area contributed by atoms with Gasteiger partial charge in [0.2, 0.25) is 0 Å². The minimum Gasteiger partial charge on any atom is -0.207 e. The van der Waals surface area contributed by atoms with Gasteiger partial charge in [-0.2, -0.15) is 13.2 Å². The average molecular weight is 290 g/mol. The Bertz CT molecular complexity index is 354. The van der Waals surface area contributed by atoms with Gasteiger partial charge in [-0.3, -0.25) is 0 Å². The van der Waals surface area contributed by atoms with Crippen molar-refractivity contribution in [2.24, 2.45) is 0 Å². The van der Waals surface area contributed by atoms with Crippen LogP contribution in [-0.4, -0.2) is 6.18 Å². The predicted octanol–water partition coefficient (Wildman–Crippen LogP) is 6.05. The Balaban J connectivity index is 1.91. The van der Waals surface area contributed by atoms with Gasteiger partial charge in [-0.25, -0.2) is 4.39 Å². The van der Waals surface area contributed by atoms with Gasteiger partial charge in [0, 0.05) is 6.42 Å². The summed E-state index contributed by atoms with van der Waals surface area (Å²) in [6.07, 6.45) is 2.27. The van der Waals surface area contributed by atoms with Crippen LogP contribution >= 0.6 is 0 Å². The second kappa shape index (κ2) is 8.98. The molecule has 0 spiro atoms. The maximum Gasteiger partial charge on any atom is 0.389 e. The molecule has 1 aromatic rings. The van der Waals surface area contributed by atoms with Crippen molar-refractivity contribution in [1.29, 1.82) is 0 Å². The van der Waals surface area contributed by atoms with Crippen LogP contribution in [0.2, 0.25) is 0 Å². The van der Waals surface area contributed by atoms with Gasteiger partial charge in [0.05, 0.1) is 0 Å². The number of halogens is 4. The molecule has 0 nitrogen and oxygen atoms in total. The van der Waals surface area contributed by atoms with Crippen LogP contribution in [0.3, 0.4) is 0 Å². The van der Waals surface area contributed by atoms with Gasteiger partial charge in [-0.15, -0.1) is 0 Å². The van der Waals surface area contributed by atoms with E-state index in [4.69, 9.17) is 0 Å². The largest absolute Gasteiger partial charge is 0.389 e. The molecule has 0 radical (unpaired) electrons. The fraction of sp³-hybridized carbons (Fsp3) is 0.625. The zero-order valence-electron chi connectivity index (χ0n) is 11.7. The second-order valence-electron chi connectivity index (χ2n) is 5.22. The van der Waals surface area contributed by atoms with E-state index < -0.39 is 12.6 Å². The Morgan fingerprint density at radius 1 is 0.700 bits per heavy atom. The highest BCUT2D eigenvalue weighted by Crippen LogP contribution is 2.23. The number of aryl methyl sites for hydroxylation is 1. The monoisotopic (exact) mass is 290 g/mol. The van der Waals surface area contributed by atoms with E-state index in [2.05, 4.69) is 0 Å². The highest BCUT2D eigenvalue weighted by Gasteiger charge is 2.25. The van der Waals surface area contributed by atoms with E-state index in [1.807, 2.05) is 0 Å². The number of alkyl halides is 3. The molecular weight excluding hydrogens is 268 g/mol. The zero-order valence-corrected chi connectivity index (χ0v) is 11.7. The number of rotatable bonds is 9. The Morgan fingerprint density at radius 3 is 1.75 bits per heavy atom. The molecule has 0 aliphatic carbocycles. The van der Waals surface area contributed by atoms with E-state index in [1.165, 1.54) is 12.1 Å². The van der Waals surface area contributed by atoms with Crippen molar-refractivity contribution in [3.8, 4) is 0 Å². The van der Waals surface area contributed by atoms with Crippen molar-refractivity contribution in [2.45, 2.75) is 64.0 Å². The van der Waals surface area contributed by atoms with Gasteiger partial charge in [0.15, 0.2) is 0 Å². The molecule has 4 heteroatoms. The third-order valence-electron chi connectivity index (χ3n) is 3.34. The van der Waals surface area contributed by atoms with E-state index in [9.17, 15) is 17.6 Å². The molecule has 114 valence electrons. The van der Waals surface area contributed by atoms with Crippen LogP contribution in [-0.2, 0) is 6.42 Å². The van der Waals surface area contributed by atoms with Crippen LogP contribution in [0.15, 0.2) is 24.3 Å². The lowest BCUT2D eigenvalue weighted by molar-refractivity contribution is -0.135. The molecular formula is C16H22F4. The van der Waals surface area contributed by atoms with E-state index in [0.29, 0.717) is 6.42 Å². The number of benzene rings is 1. The van der Waals surface area contributed by atoms with E-state index in [-0.39, 0.29) is 12.2 Å². The van der Waals surface area contributed by atoms with Crippen molar-refractivity contribution >= 4 is 0 Å². The quantitative estimate of drug-likeness (QED) is 0.383. The summed E-state index contributed by atoms with van der Waals surface area (Å²) in [7, 11) is 0. The Hall–Kier alpha value is -1.06. The first-order chi connectivity index (χ1) is 9.47. The molecule has 0 N–H and O–H groups in total. The third kappa shape index (κ3) is 8.94.